The van der Waals surface area contributed by atoms with E-state index in [1.165, 1.54) is 0 Å². The zero-order valence-electron chi connectivity index (χ0n) is 15.4. The minimum absolute atomic E-state index is 0.0953. The van der Waals surface area contributed by atoms with Crippen LogP contribution in [-0.2, 0) is 5.41 Å². The Bertz CT molecular complexity index is 786. The average Bonchev–Trinajstić information content (AvgIpc) is 2.60. The molecule has 0 radical (unpaired) electrons. The lowest BCUT2D eigenvalue weighted by Gasteiger charge is -2.37. The normalized spacial score (nSPS) is 15.4. The molecule has 0 unspecified atom stereocenters. The summed E-state index contributed by atoms with van der Waals surface area (Å²) < 4.78 is 5.46. The molecule has 6 nitrogen and oxygen atoms in total. The van der Waals surface area contributed by atoms with Gasteiger partial charge in [-0.3, -0.25) is 9.78 Å². The molecular formula is C19H26N4O2. The predicted molar refractivity (Wildman–Crippen MR) is 101 cm³/mol. The first kappa shape index (κ1) is 17.3. The second-order valence-corrected chi connectivity index (χ2v) is 7.35. The highest BCUT2D eigenvalue weighted by Gasteiger charge is 2.23. The van der Waals surface area contributed by atoms with E-state index in [1.807, 2.05) is 18.2 Å². The molecule has 1 aromatic carbocycles. The van der Waals surface area contributed by atoms with Gasteiger partial charge in [-0.15, -0.1) is 0 Å². The Morgan fingerprint density at radius 3 is 2.36 bits per heavy atom. The molecule has 1 aliphatic rings. The summed E-state index contributed by atoms with van der Waals surface area (Å²) in [6.07, 6.45) is 0. The molecule has 1 aromatic heterocycles. The van der Waals surface area contributed by atoms with Crippen molar-refractivity contribution >= 4 is 11.6 Å². The fourth-order valence-electron chi connectivity index (χ4n) is 3.03. The lowest BCUT2D eigenvalue weighted by atomic mass is 9.92. The number of hydrogen-bond donors (Lipinski definition) is 1. The maximum absolute atomic E-state index is 12.0. The fourth-order valence-corrected chi connectivity index (χ4v) is 3.03. The summed E-state index contributed by atoms with van der Waals surface area (Å²) in [5, 5.41) is 0. The van der Waals surface area contributed by atoms with Gasteiger partial charge in [-0.1, -0.05) is 32.9 Å². The Labute approximate surface area is 148 Å². The highest BCUT2D eigenvalue weighted by atomic mass is 16.5. The van der Waals surface area contributed by atoms with Crippen LogP contribution in [-0.4, -0.2) is 43.3 Å². The molecule has 134 valence electrons. The highest BCUT2D eigenvalue weighted by Crippen LogP contribution is 2.29. The molecule has 0 bridgehead atoms. The van der Waals surface area contributed by atoms with E-state index in [-0.39, 0.29) is 11.0 Å². The second kappa shape index (κ2) is 6.78. The number of H-pyrrole nitrogens is 1. The van der Waals surface area contributed by atoms with Crippen molar-refractivity contribution < 1.29 is 4.74 Å². The lowest BCUT2D eigenvalue weighted by molar-refractivity contribution is 0.413. The van der Waals surface area contributed by atoms with Gasteiger partial charge in [0.05, 0.1) is 18.5 Å². The van der Waals surface area contributed by atoms with E-state index in [0.29, 0.717) is 5.95 Å². The van der Waals surface area contributed by atoms with Crippen LogP contribution >= 0.6 is 0 Å². The Hall–Kier alpha value is -2.50. The maximum atomic E-state index is 12.0. The number of aromatic nitrogens is 2. The predicted octanol–water partition coefficient (Wildman–Crippen LogP) is 2.40. The van der Waals surface area contributed by atoms with E-state index >= 15 is 0 Å². The van der Waals surface area contributed by atoms with Gasteiger partial charge in [-0.25, -0.2) is 4.98 Å². The first-order valence-electron chi connectivity index (χ1n) is 8.63. The van der Waals surface area contributed by atoms with Crippen LogP contribution in [0.3, 0.4) is 0 Å². The lowest BCUT2D eigenvalue weighted by Crippen LogP contribution is -2.47. The van der Waals surface area contributed by atoms with Crippen molar-refractivity contribution in [3.05, 3.63) is 46.4 Å². The van der Waals surface area contributed by atoms with E-state index in [0.717, 1.165) is 43.3 Å². The molecule has 0 atom stereocenters. The Morgan fingerprint density at radius 2 is 1.72 bits per heavy atom. The Morgan fingerprint density at radius 1 is 1.08 bits per heavy atom. The molecule has 1 aliphatic heterocycles. The van der Waals surface area contributed by atoms with Crippen LogP contribution in [0.5, 0.6) is 5.75 Å². The number of benzene rings is 1. The van der Waals surface area contributed by atoms with Crippen molar-refractivity contribution in [3.8, 4) is 5.75 Å². The summed E-state index contributed by atoms with van der Waals surface area (Å²) in [6.45, 7) is 9.51. The molecule has 25 heavy (non-hydrogen) atoms. The zero-order chi connectivity index (χ0) is 18.0. The molecule has 1 N–H and O–H groups in total. The molecule has 0 saturated carbocycles. The molecule has 0 aliphatic carbocycles. The maximum Gasteiger partial charge on any atom is 0.252 e. The van der Waals surface area contributed by atoms with Crippen LogP contribution in [0.2, 0.25) is 0 Å². The van der Waals surface area contributed by atoms with Gasteiger partial charge in [0.15, 0.2) is 0 Å². The number of piperazine rings is 1. The minimum atomic E-state index is -0.151. The van der Waals surface area contributed by atoms with Gasteiger partial charge < -0.3 is 14.5 Å². The number of anilines is 2. The summed E-state index contributed by atoms with van der Waals surface area (Å²) in [7, 11) is 1.70. The molecular weight excluding hydrogens is 316 g/mol. The number of methoxy groups -OCH3 is 1. The van der Waals surface area contributed by atoms with Crippen LogP contribution in [0.25, 0.3) is 0 Å². The number of rotatable bonds is 3. The number of aromatic amines is 1. The first-order valence-corrected chi connectivity index (χ1v) is 8.63. The quantitative estimate of drug-likeness (QED) is 0.928. The van der Waals surface area contributed by atoms with Crippen molar-refractivity contribution in [2.75, 3.05) is 43.1 Å². The van der Waals surface area contributed by atoms with Gasteiger partial charge in [0.2, 0.25) is 5.95 Å². The van der Waals surface area contributed by atoms with Gasteiger partial charge in [-0.2, -0.15) is 0 Å². The fraction of sp³-hybridized carbons (Fsp3) is 0.474. The second-order valence-electron chi connectivity index (χ2n) is 7.35. The number of hydrogen-bond acceptors (Lipinski definition) is 5. The highest BCUT2D eigenvalue weighted by molar-refractivity contribution is 5.59. The van der Waals surface area contributed by atoms with E-state index in [2.05, 4.69) is 46.6 Å². The zero-order valence-corrected chi connectivity index (χ0v) is 15.4. The van der Waals surface area contributed by atoms with Gasteiger partial charge >= 0.3 is 0 Å². The molecule has 3 rings (SSSR count). The number of nitrogens with zero attached hydrogens (tertiary/aromatic N) is 3. The third-order valence-corrected chi connectivity index (χ3v) is 4.50. The van der Waals surface area contributed by atoms with Crippen molar-refractivity contribution in [1.82, 2.24) is 9.97 Å². The standard InChI is InChI=1S/C19H26N4O2/c1-19(2,3)16-13-17(24)21-18(20-16)23-11-9-22(10-12-23)14-7-5-6-8-15(14)25-4/h5-8,13H,9-12H2,1-4H3,(H,20,21,24). The van der Waals surface area contributed by atoms with Crippen molar-refractivity contribution in [1.29, 1.82) is 0 Å². The van der Waals surface area contributed by atoms with Crippen LogP contribution < -0.4 is 20.1 Å². The molecule has 0 spiro atoms. The van der Waals surface area contributed by atoms with Crippen LogP contribution in [0.1, 0.15) is 26.5 Å². The van der Waals surface area contributed by atoms with Gasteiger partial charge in [0, 0.05) is 37.7 Å². The minimum Gasteiger partial charge on any atom is -0.495 e. The smallest absolute Gasteiger partial charge is 0.252 e. The van der Waals surface area contributed by atoms with Crippen molar-refractivity contribution in [2.24, 2.45) is 0 Å². The first-order chi connectivity index (χ1) is 11.9. The van der Waals surface area contributed by atoms with E-state index in [1.54, 1.807) is 13.2 Å². The van der Waals surface area contributed by atoms with E-state index in [9.17, 15) is 4.79 Å². The molecule has 6 heteroatoms. The number of para-hydroxylation sites is 2. The molecule has 0 amide bonds. The van der Waals surface area contributed by atoms with Crippen molar-refractivity contribution in [3.63, 3.8) is 0 Å². The van der Waals surface area contributed by atoms with E-state index in [4.69, 9.17) is 4.74 Å². The van der Waals surface area contributed by atoms with Crippen LogP contribution in [0, 0.1) is 0 Å². The number of ether oxygens (including phenoxy) is 1. The Kier molecular flexibility index (Phi) is 4.70. The molecule has 2 heterocycles. The van der Waals surface area contributed by atoms with Crippen LogP contribution in [0.4, 0.5) is 11.6 Å². The summed E-state index contributed by atoms with van der Waals surface area (Å²) in [5.74, 6) is 1.55. The molecule has 1 fully saturated rings. The van der Waals surface area contributed by atoms with Gasteiger partial charge in [-0.05, 0) is 12.1 Å². The van der Waals surface area contributed by atoms with Gasteiger partial charge in [0.1, 0.15) is 5.75 Å². The monoisotopic (exact) mass is 342 g/mol. The number of nitrogens with one attached hydrogen (secondary N) is 1. The SMILES string of the molecule is COc1ccccc1N1CCN(c2nc(C(C)(C)C)cc(=O)[nH]2)CC1. The summed E-state index contributed by atoms with van der Waals surface area (Å²) in [6, 6.07) is 9.65. The molecule has 2 aromatic rings. The van der Waals surface area contributed by atoms with Gasteiger partial charge in [0.25, 0.3) is 5.56 Å². The van der Waals surface area contributed by atoms with Crippen LogP contribution in [0.15, 0.2) is 35.1 Å². The summed E-state index contributed by atoms with van der Waals surface area (Å²) in [4.78, 5) is 24.0. The average molecular weight is 342 g/mol. The third-order valence-electron chi connectivity index (χ3n) is 4.50. The third kappa shape index (κ3) is 3.78. The largest absolute Gasteiger partial charge is 0.495 e. The van der Waals surface area contributed by atoms with Crippen molar-refractivity contribution in [2.45, 2.75) is 26.2 Å². The van der Waals surface area contributed by atoms with E-state index < -0.39 is 0 Å². The summed E-state index contributed by atoms with van der Waals surface area (Å²) >= 11 is 0. The summed E-state index contributed by atoms with van der Waals surface area (Å²) in [5.41, 5.74) is 1.68. The topological polar surface area (TPSA) is 61.5 Å². The molecule has 1 saturated heterocycles. The Balaban J connectivity index is 1.77.